The number of aryl methyl sites for hydroxylation is 1. The standard InChI is InChI=1S/C15H17F2N3O2/c1-9-18-15(19-22-9)13-3-2-6-20(13)8-14(21)11-5-4-10(16)7-12(11)17/h4-5,7,13-14,21H,2-3,6,8H2,1H3/t13-,14+/m1/s1. The van der Waals surface area contributed by atoms with Crippen LogP contribution >= 0.6 is 0 Å². The lowest BCUT2D eigenvalue weighted by molar-refractivity contribution is 0.100. The van der Waals surface area contributed by atoms with E-state index in [9.17, 15) is 13.9 Å². The number of nitrogens with zero attached hydrogens (tertiary/aromatic N) is 3. The first kappa shape index (κ1) is 15.1. The fourth-order valence-corrected chi connectivity index (χ4v) is 2.88. The van der Waals surface area contributed by atoms with E-state index in [0.717, 1.165) is 31.5 Å². The Bertz CT molecular complexity index is 662. The van der Waals surface area contributed by atoms with Crippen LogP contribution < -0.4 is 0 Å². The zero-order chi connectivity index (χ0) is 15.7. The zero-order valence-corrected chi connectivity index (χ0v) is 12.2. The van der Waals surface area contributed by atoms with Crippen molar-refractivity contribution in [3.8, 4) is 0 Å². The Morgan fingerprint density at radius 1 is 1.45 bits per heavy atom. The van der Waals surface area contributed by atoms with E-state index in [1.54, 1.807) is 6.92 Å². The predicted molar refractivity (Wildman–Crippen MR) is 73.9 cm³/mol. The predicted octanol–water partition coefficient (Wildman–Crippen LogP) is 2.53. The van der Waals surface area contributed by atoms with E-state index in [0.29, 0.717) is 11.7 Å². The molecule has 0 aliphatic carbocycles. The third kappa shape index (κ3) is 3.00. The normalized spacial score (nSPS) is 20.5. The summed E-state index contributed by atoms with van der Waals surface area (Å²) in [5, 5.41) is 14.2. The van der Waals surface area contributed by atoms with Crippen LogP contribution in [0.3, 0.4) is 0 Å². The molecule has 1 aliphatic heterocycles. The van der Waals surface area contributed by atoms with E-state index in [4.69, 9.17) is 4.52 Å². The minimum Gasteiger partial charge on any atom is -0.387 e. The minimum absolute atomic E-state index is 0.0457. The number of aliphatic hydroxyl groups excluding tert-OH is 1. The molecule has 0 radical (unpaired) electrons. The van der Waals surface area contributed by atoms with Crippen molar-refractivity contribution in [1.29, 1.82) is 0 Å². The van der Waals surface area contributed by atoms with Crippen LogP contribution in [0, 0.1) is 18.6 Å². The fraction of sp³-hybridized carbons (Fsp3) is 0.467. The monoisotopic (exact) mass is 309 g/mol. The van der Waals surface area contributed by atoms with Crippen molar-refractivity contribution in [2.24, 2.45) is 0 Å². The summed E-state index contributed by atoms with van der Waals surface area (Å²) in [4.78, 5) is 6.23. The molecule has 1 N–H and O–H groups in total. The van der Waals surface area contributed by atoms with E-state index >= 15 is 0 Å². The van der Waals surface area contributed by atoms with Crippen molar-refractivity contribution >= 4 is 0 Å². The van der Waals surface area contributed by atoms with Crippen LogP contribution in [0.4, 0.5) is 8.78 Å². The molecule has 2 heterocycles. The van der Waals surface area contributed by atoms with Gasteiger partial charge < -0.3 is 9.63 Å². The molecule has 118 valence electrons. The molecule has 0 spiro atoms. The molecule has 1 aromatic heterocycles. The van der Waals surface area contributed by atoms with E-state index < -0.39 is 17.7 Å². The maximum absolute atomic E-state index is 13.7. The van der Waals surface area contributed by atoms with Crippen LogP contribution in [0.1, 0.15) is 42.3 Å². The van der Waals surface area contributed by atoms with Crippen LogP contribution in [0.15, 0.2) is 22.7 Å². The van der Waals surface area contributed by atoms with Crippen LogP contribution in [0.5, 0.6) is 0 Å². The smallest absolute Gasteiger partial charge is 0.223 e. The van der Waals surface area contributed by atoms with Gasteiger partial charge >= 0.3 is 0 Å². The summed E-state index contributed by atoms with van der Waals surface area (Å²) in [6, 6.07) is 3.16. The highest BCUT2D eigenvalue weighted by Crippen LogP contribution is 2.32. The van der Waals surface area contributed by atoms with Crippen LogP contribution in [0.25, 0.3) is 0 Å². The highest BCUT2D eigenvalue weighted by molar-refractivity contribution is 5.21. The van der Waals surface area contributed by atoms with Crippen LogP contribution in [-0.2, 0) is 0 Å². The molecule has 1 aromatic carbocycles. The number of aromatic nitrogens is 2. The number of halogens is 2. The Morgan fingerprint density at radius 2 is 2.27 bits per heavy atom. The molecule has 2 atom stereocenters. The number of benzene rings is 1. The molecular formula is C15H17F2N3O2. The van der Waals surface area contributed by atoms with Crippen LogP contribution in [0.2, 0.25) is 0 Å². The molecule has 0 bridgehead atoms. The molecule has 2 aromatic rings. The number of hydrogen-bond donors (Lipinski definition) is 1. The van der Waals surface area contributed by atoms with Gasteiger partial charge in [0, 0.05) is 25.1 Å². The third-order valence-electron chi connectivity index (χ3n) is 3.93. The summed E-state index contributed by atoms with van der Waals surface area (Å²) in [7, 11) is 0. The first-order chi connectivity index (χ1) is 10.5. The van der Waals surface area contributed by atoms with Crippen molar-refractivity contribution in [3.63, 3.8) is 0 Å². The number of aliphatic hydroxyl groups is 1. The lowest BCUT2D eigenvalue weighted by Crippen LogP contribution is -2.29. The van der Waals surface area contributed by atoms with Gasteiger partial charge in [0.25, 0.3) is 0 Å². The lowest BCUT2D eigenvalue weighted by atomic mass is 10.1. The summed E-state index contributed by atoms with van der Waals surface area (Å²) in [5.41, 5.74) is 0.0938. The van der Waals surface area contributed by atoms with Crippen molar-refractivity contribution in [3.05, 3.63) is 47.1 Å². The number of rotatable bonds is 4. The summed E-state index contributed by atoms with van der Waals surface area (Å²) in [6.07, 6.45) is 0.767. The maximum atomic E-state index is 13.7. The van der Waals surface area contributed by atoms with Crippen LogP contribution in [-0.4, -0.2) is 33.2 Å². The highest BCUT2D eigenvalue weighted by Gasteiger charge is 2.31. The second kappa shape index (κ2) is 6.10. The summed E-state index contributed by atoms with van der Waals surface area (Å²) in [6.45, 7) is 2.72. The quantitative estimate of drug-likeness (QED) is 0.940. The Morgan fingerprint density at radius 3 is 2.95 bits per heavy atom. The maximum Gasteiger partial charge on any atom is 0.223 e. The molecule has 1 saturated heterocycles. The molecule has 1 aliphatic rings. The second-order valence-corrected chi connectivity index (χ2v) is 5.51. The first-order valence-electron chi connectivity index (χ1n) is 7.22. The van der Waals surface area contributed by atoms with Gasteiger partial charge in [0.1, 0.15) is 11.6 Å². The average Bonchev–Trinajstić information content (AvgIpc) is 3.07. The van der Waals surface area contributed by atoms with Gasteiger partial charge in [0.15, 0.2) is 5.82 Å². The first-order valence-corrected chi connectivity index (χ1v) is 7.22. The number of likely N-dealkylation sites (tertiary alicyclic amines) is 1. The van der Waals surface area contributed by atoms with Crippen molar-refractivity contribution in [1.82, 2.24) is 15.0 Å². The molecule has 5 nitrogen and oxygen atoms in total. The minimum atomic E-state index is -1.03. The number of β-amino-alcohol motifs (C(OH)–C–C–N with tert-alkyl or cyclic N) is 1. The third-order valence-corrected chi connectivity index (χ3v) is 3.93. The van der Waals surface area contributed by atoms with Crippen molar-refractivity contribution in [2.75, 3.05) is 13.1 Å². The second-order valence-electron chi connectivity index (χ2n) is 5.51. The van der Waals surface area contributed by atoms with Gasteiger partial charge in [-0.25, -0.2) is 8.78 Å². The van der Waals surface area contributed by atoms with Gasteiger partial charge in [0.05, 0.1) is 12.1 Å². The summed E-state index contributed by atoms with van der Waals surface area (Å²) >= 11 is 0. The Hall–Kier alpha value is -1.86. The summed E-state index contributed by atoms with van der Waals surface area (Å²) in [5.74, 6) is -0.317. The van der Waals surface area contributed by atoms with E-state index in [1.165, 1.54) is 6.07 Å². The van der Waals surface area contributed by atoms with E-state index in [2.05, 4.69) is 10.1 Å². The van der Waals surface area contributed by atoms with Crippen molar-refractivity contribution in [2.45, 2.75) is 31.9 Å². The molecule has 7 heteroatoms. The van der Waals surface area contributed by atoms with E-state index in [-0.39, 0.29) is 18.2 Å². The summed E-state index contributed by atoms with van der Waals surface area (Å²) < 4.78 is 31.7. The Labute approximate surface area is 126 Å². The lowest BCUT2D eigenvalue weighted by Gasteiger charge is -2.25. The highest BCUT2D eigenvalue weighted by atomic mass is 19.1. The average molecular weight is 309 g/mol. The van der Waals surface area contributed by atoms with Gasteiger partial charge in [-0.2, -0.15) is 4.98 Å². The molecule has 0 saturated carbocycles. The fourth-order valence-electron chi connectivity index (χ4n) is 2.88. The van der Waals surface area contributed by atoms with Gasteiger partial charge in [-0.1, -0.05) is 11.2 Å². The van der Waals surface area contributed by atoms with Gasteiger partial charge in [-0.3, -0.25) is 4.90 Å². The Kier molecular flexibility index (Phi) is 4.17. The van der Waals surface area contributed by atoms with E-state index in [1.807, 2.05) is 4.90 Å². The molecule has 0 unspecified atom stereocenters. The Balaban J connectivity index is 1.73. The molecule has 22 heavy (non-hydrogen) atoms. The van der Waals surface area contributed by atoms with Gasteiger partial charge in [0.2, 0.25) is 5.89 Å². The zero-order valence-electron chi connectivity index (χ0n) is 12.2. The van der Waals surface area contributed by atoms with Crippen molar-refractivity contribution < 1.29 is 18.4 Å². The molecule has 0 amide bonds. The SMILES string of the molecule is Cc1nc([C@H]2CCCN2C[C@H](O)c2ccc(F)cc2F)no1. The molecular weight excluding hydrogens is 292 g/mol. The van der Waals surface area contributed by atoms with Gasteiger partial charge in [-0.15, -0.1) is 0 Å². The van der Waals surface area contributed by atoms with Gasteiger partial charge in [-0.05, 0) is 25.5 Å². The molecule has 1 fully saturated rings. The topological polar surface area (TPSA) is 62.4 Å². The largest absolute Gasteiger partial charge is 0.387 e. The molecule has 3 rings (SSSR count). The number of hydrogen-bond acceptors (Lipinski definition) is 5.